The molecule has 0 spiro atoms. The van der Waals surface area contributed by atoms with Gasteiger partial charge in [-0.15, -0.1) is 0 Å². The fourth-order valence-corrected chi connectivity index (χ4v) is 3.26. The fraction of sp³-hybridized carbons (Fsp3) is 0.409. The summed E-state index contributed by atoms with van der Waals surface area (Å²) in [5.74, 6) is 0.182. The standard InChI is InChI=1S/C22H27F2N3O2/c1-14-7-8-15(20(11-14)29-10-9-28-3)13-26-22(25-2)27-19-12-16(19)21-17(23)5-4-6-18(21)24/h4-8,11,16,19H,9-10,12-13H2,1-3H3,(H2,25,26,27). The van der Waals surface area contributed by atoms with Gasteiger partial charge in [0.05, 0.1) is 6.61 Å². The van der Waals surface area contributed by atoms with Crippen LogP contribution >= 0.6 is 0 Å². The number of methoxy groups -OCH3 is 1. The van der Waals surface area contributed by atoms with E-state index in [1.165, 1.54) is 18.2 Å². The number of halogens is 2. The molecule has 0 saturated heterocycles. The summed E-state index contributed by atoms with van der Waals surface area (Å²) in [5.41, 5.74) is 2.24. The molecule has 0 radical (unpaired) electrons. The Hall–Kier alpha value is -2.67. The maximum absolute atomic E-state index is 14.0. The average Bonchev–Trinajstić information content (AvgIpc) is 3.45. The van der Waals surface area contributed by atoms with Gasteiger partial charge >= 0.3 is 0 Å². The van der Waals surface area contributed by atoms with Gasteiger partial charge in [0.1, 0.15) is 24.0 Å². The van der Waals surface area contributed by atoms with Gasteiger partial charge in [-0.05, 0) is 37.1 Å². The molecule has 3 rings (SSSR count). The molecule has 2 N–H and O–H groups in total. The molecule has 1 aliphatic rings. The molecule has 1 aliphatic carbocycles. The normalized spacial score (nSPS) is 18.4. The van der Waals surface area contributed by atoms with Gasteiger partial charge in [0.2, 0.25) is 0 Å². The smallest absolute Gasteiger partial charge is 0.191 e. The highest BCUT2D eigenvalue weighted by Crippen LogP contribution is 2.43. The third-order valence-corrected chi connectivity index (χ3v) is 4.92. The summed E-state index contributed by atoms with van der Waals surface area (Å²) < 4.78 is 38.8. The second-order valence-electron chi connectivity index (χ2n) is 7.11. The molecule has 2 atom stereocenters. The predicted octanol–water partition coefficient (Wildman–Crippen LogP) is 3.52. The quantitative estimate of drug-likeness (QED) is 0.402. The van der Waals surface area contributed by atoms with Crippen LogP contribution in [0.3, 0.4) is 0 Å². The van der Waals surface area contributed by atoms with Gasteiger partial charge in [-0.2, -0.15) is 0 Å². The number of guanidine groups is 1. The van der Waals surface area contributed by atoms with Crippen molar-refractivity contribution >= 4 is 5.96 Å². The van der Waals surface area contributed by atoms with Crippen molar-refractivity contribution in [1.29, 1.82) is 0 Å². The van der Waals surface area contributed by atoms with Crippen LogP contribution in [0.15, 0.2) is 41.4 Å². The van der Waals surface area contributed by atoms with Crippen molar-refractivity contribution in [2.45, 2.75) is 31.8 Å². The highest BCUT2D eigenvalue weighted by Gasteiger charge is 2.42. The molecule has 5 nitrogen and oxygen atoms in total. The van der Waals surface area contributed by atoms with Crippen LogP contribution in [0.25, 0.3) is 0 Å². The SMILES string of the molecule is CN=C(NCc1ccc(C)cc1OCCOC)NC1CC1c1c(F)cccc1F. The number of aryl methyl sites for hydroxylation is 1. The van der Waals surface area contributed by atoms with E-state index in [9.17, 15) is 8.78 Å². The Morgan fingerprint density at radius 1 is 1.17 bits per heavy atom. The minimum atomic E-state index is -0.500. The fourth-order valence-electron chi connectivity index (χ4n) is 3.26. The van der Waals surface area contributed by atoms with Gasteiger partial charge in [0.15, 0.2) is 5.96 Å². The van der Waals surface area contributed by atoms with E-state index in [0.717, 1.165) is 16.9 Å². The van der Waals surface area contributed by atoms with Crippen molar-refractivity contribution in [3.63, 3.8) is 0 Å². The maximum atomic E-state index is 14.0. The first-order valence-corrected chi connectivity index (χ1v) is 9.65. The van der Waals surface area contributed by atoms with E-state index < -0.39 is 11.6 Å². The largest absolute Gasteiger partial charge is 0.491 e. The summed E-state index contributed by atoms with van der Waals surface area (Å²) in [6, 6.07) is 9.93. The number of rotatable bonds is 8. The van der Waals surface area contributed by atoms with Crippen molar-refractivity contribution in [3.8, 4) is 5.75 Å². The van der Waals surface area contributed by atoms with E-state index in [1.54, 1.807) is 14.2 Å². The average molecular weight is 403 g/mol. The molecule has 0 aliphatic heterocycles. The van der Waals surface area contributed by atoms with Crippen molar-refractivity contribution in [1.82, 2.24) is 10.6 Å². The molecule has 7 heteroatoms. The first kappa shape index (κ1) is 21.0. The van der Waals surface area contributed by atoms with Crippen LogP contribution in [0.1, 0.15) is 29.0 Å². The van der Waals surface area contributed by atoms with Gasteiger partial charge in [-0.1, -0.05) is 18.2 Å². The molecule has 156 valence electrons. The van der Waals surface area contributed by atoms with Crippen LogP contribution in [0.5, 0.6) is 5.75 Å². The van der Waals surface area contributed by atoms with Gasteiger partial charge < -0.3 is 20.1 Å². The number of nitrogens with zero attached hydrogens (tertiary/aromatic N) is 1. The van der Waals surface area contributed by atoms with Crippen LogP contribution in [-0.4, -0.2) is 39.4 Å². The molecule has 0 amide bonds. The van der Waals surface area contributed by atoms with E-state index >= 15 is 0 Å². The van der Waals surface area contributed by atoms with Gasteiger partial charge in [-0.25, -0.2) is 8.78 Å². The van der Waals surface area contributed by atoms with Crippen LogP contribution < -0.4 is 15.4 Å². The molecule has 0 aromatic heterocycles. The van der Waals surface area contributed by atoms with Crippen LogP contribution in [0.4, 0.5) is 8.78 Å². The van der Waals surface area contributed by atoms with Crippen LogP contribution in [0.2, 0.25) is 0 Å². The Balaban J connectivity index is 1.58. The van der Waals surface area contributed by atoms with Crippen molar-refractivity contribution in [2.24, 2.45) is 4.99 Å². The lowest BCUT2D eigenvalue weighted by Gasteiger charge is -2.15. The molecule has 1 saturated carbocycles. The van der Waals surface area contributed by atoms with Gasteiger partial charge in [0.25, 0.3) is 0 Å². The zero-order valence-electron chi connectivity index (χ0n) is 17.0. The Bertz CT molecular complexity index is 853. The van der Waals surface area contributed by atoms with Gasteiger partial charge in [-0.3, -0.25) is 4.99 Å². The molecule has 29 heavy (non-hydrogen) atoms. The molecular formula is C22H27F2N3O2. The number of hydrogen-bond acceptors (Lipinski definition) is 3. The highest BCUT2D eigenvalue weighted by atomic mass is 19.1. The van der Waals surface area contributed by atoms with E-state index in [2.05, 4.69) is 15.6 Å². The van der Waals surface area contributed by atoms with Crippen molar-refractivity contribution < 1.29 is 18.3 Å². The number of ether oxygens (including phenoxy) is 2. The molecule has 0 heterocycles. The zero-order chi connectivity index (χ0) is 20.8. The highest BCUT2D eigenvalue weighted by molar-refractivity contribution is 5.80. The van der Waals surface area contributed by atoms with Crippen LogP contribution in [0, 0.1) is 18.6 Å². The lowest BCUT2D eigenvalue weighted by atomic mass is 10.1. The Morgan fingerprint density at radius 3 is 2.62 bits per heavy atom. The third-order valence-electron chi connectivity index (χ3n) is 4.92. The number of nitrogens with one attached hydrogen (secondary N) is 2. The molecule has 2 unspecified atom stereocenters. The zero-order valence-corrected chi connectivity index (χ0v) is 17.0. The van der Waals surface area contributed by atoms with E-state index in [-0.39, 0.29) is 17.5 Å². The summed E-state index contributed by atoms with van der Waals surface area (Å²) in [6.45, 7) is 3.50. The molecule has 1 fully saturated rings. The summed E-state index contributed by atoms with van der Waals surface area (Å²) in [5, 5.41) is 6.49. The minimum Gasteiger partial charge on any atom is -0.491 e. The predicted molar refractivity (Wildman–Crippen MR) is 109 cm³/mol. The maximum Gasteiger partial charge on any atom is 0.191 e. The Morgan fingerprint density at radius 2 is 1.93 bits per heavy atom. The Kier molecular flexibility index (Phi) is 7.04. The first-order valence-electron chi connectivity index (χ1n) is 9.65. The van der Waals surface area contributed by atoms with Crippen LogP contribution in [-0.2, 0) is 11.3 Å². The summed E-state index contributed by atoms with van der Waals surface area (Å²) in [7, 11) is 3.30. The number of hydrogen-bond donors (Lipinski definition) is 2. The third kappa shape index (κ3) is 5.44. The number of aliphatic imine (C=N–C) groups is 1. The monoisotopic (exact) mass is 403 g/mol. The van der Waals surface area contributed by atoms with Crippen molar-refractivity contribution in [3.05, 3.63) is 64.7 Å². The summed E-state index contributed by atoms with van der Waals surface area (Å²) in [4.78, 5) is 4.22. The van der Waals surface area contributed by atoms with E-state index in [1.807, 2.05) is 25.1 Å². The summed E-state index contributed by atoms with van der Waals surface area (Å²) >= 11 is 0. The molecule has 2 aromatic rings. The second-order valence-corrected chi connectivity index (χ2v) is 7.11. The lowest BCUT2D eigenvalue weighted by molar-refractivity contribution is 0.145. The number of benzene rings is 2. The Labute approximate surface area is 170 Å². The topological polar surface area (TPSA) is 54.9 Å². The first-order chi connectivity index (χ1) is 14.0. The van der Waals surface area contributed by atoms with Crippen molar-refractivity contribution in [2.75, 3.05) is 27.4 Å². The summed E-state index contributed by atoms with van der Waals surface area (Å²) in [6.07, 6.45) is 0.661. The molecule has 2 aromatic carbocycles. The van der Waals surface area contributed by atoms with E-state index in [4.69, 9.17) is 9.47 Å². The molecule has 0 bridgehead atoms. The van der Waals surface area contributed by atoms with Gasteiger partial charge in [0, 0.05) is 43.8 Å². The minimum absolute atomic E-state index is 0.0527. The lowest BCUT2D eigenvalue weighted by Crippen LogP contribution is -2.38. The van der Waals surface area contributed by atoms with E-state index in [0.29, 0.717) is 32.1 Å². The molecular weight excluding hydrogens is 376 g/mol. The second kappa shape index (κ2) is 9.69.